The fourth-order valence-corrected chi connectivity index (χ4v) is 15.2. The number of pyridine rings is 3. The van der Waals surface area contributed by atoms with Crippen LogP contribution in [0.3, 0.4) is 0 Å². The van der Waals surface area contributed by atoms with Crippen molar-refractivity contribution in [2.75, 3.05) is 53.0 Å². The Morgan fingerprint density at radius 2 is 0.928 bits per heavy atom. The summed E-state index contributed by atoms with van der Waals surface area (Å²) < 4.78 is 35.3. The zero-order valence-electron chi connectivity index (χ0n) is 62.8. The quantitative estimate of drug-likeness (QED) is 0.0297. The lowest BCUT2D eigenvalue weighted by atomic mass is 9.81. The number of hydrogen-bond donors (Lipinski definition) is 6. The van der Waals surface area contributed by atoms with Crippen LogP contribution in [0.1, 0.15) is 106 Å². The number of anilines is 6. The maximum absolute atomic E-state index is 15.4. The molecule has 3 aromatic carbocycles. The first-order valence-corrected chi connectivity index (χ1v) is 36.4. The average Bonchev–Trinajstić information content (AvgIpc) is 1.47. The zero-order chi connectivity index (χ0) is 79.7. The molecule has 578 valence electrons. The van der Waals surface area contributed by atoms with Gasteiger partial charge in [0.2, 0.25) is 35.6 Å². The number of rotatable bonds is 25. The van der Waals surface area contributed by atoms with Crippen LogP contribution in [0.2, 0.25) is 5.02 Å². The Balaban J connectivity index is 0.772. The molecular weight excluding hydrogens is 1450 g/mol. The summed E-state index contributed by atoms with van der Waals surface area (Å²) in [5.74, 6) is -6.88. The van der Waals surface area contributed by atoms with Crippen LogP contribution < -0.4 is 47.9 Å². The number of likely N-dealkylation sites (tertiary alicyclic amines) is 3. The Kier molecular flexibility index (Phi) is 22.8. The maximum Gasteiger partial charge on any atom is 0.325 e. The number of likely N-dealkylation sites (N-methyl/N-ethyl adjacent to an activating group) is 3. The molecule has 9 heterocycles. The van der Waals surface area contributed by atoms with Crippen LogP contribution >= 0.6 is 11.6 Å². The second-order valence-electron chi connectivity index (χ2n) is 28.4. The smallest absolute Gasteiger partial charge is 0.325 e. The molecular formula is C78H86ClF2N21O9. The number of aromatic nitrogens is 9. The number of hydrogen-bond acceptors (Lipinski definition) is 18. The number of nitrogen functional groups attached to an aromatic ring is 3. The molecule has 9 N–H and O–H groups in total. The predicted molar refractivity (Wildman–Crippen MR) is 409 cm³/mol. The number of halogens is 3. The van der Waals surface area contributed by atoms with Crippen molar-refractivity contribution in [1.82, 2.24) is 74.3 Å². The Labute approximate surface area is 643 Å². The number of nitrogens with two attached hydrogens (primary N) is 3. The minimum atomic E-state index is -1.41. The van der Waals surface area contributed by atoms with E-state index in [4.69, 9.17) is 28.8 Å². The molecule has 9 aromatic rings. The monoisotopic (exact) mass is 1530 g/mol. The largest absolute Gasteiger partial charge is 0.384 e. The molecule has 3 aliphatic heterocycles. The second-order valence-corrected chi connectivity index (χ2v) is 28.9. The molecule has 111 heavy (non-hydrogen) atoms. The van der Waals surface area contributed by atoms with Gasteiger partial charge >= 0.3 is 18.1 Å². The standard InChI is InChI=1S/C78H86ClF2N21O9/c1-11-58(52-17-12-41(2)30-57(52)81)91-76(109)100-65(54(67(100)103)34-45-23-26-86-62(83)37-45)71(107)98(9)75-90-40-50(96(75)7)16-21-60(51-18-14-48(79)32-42(51)3)93-78(111)102-66(55(69(102)105)35-46-24-27-87-63(84)38-46)72(108)99(10)74-89-39-49(95(74)6)15-20-59(47-13-19-56(80)43(4)31-47)92-77(110)101-64(70(106)97(8)73-88-28-29-94(73)5)53(68(101)104)33-44-22-25-85-61(82)36-44/h12-14,17-19,22-32,36-40,53-55,58-60,64-66H,11,15-16,20-21,33-35H2,1-10H3,(H2,82,85)(H2,83,86)(H2,84,87)(H,91,109)(H,92,110)(H,93,111)/t53-,54-,55-,58-,59-,60-,64+,65+,66+/m1/s1. The van der Waals surface area contributed by atoms with Gasteiger partial charge in [-0.3, -0.25) is 58.2 Å². The SMILES string of the molecule is CC[C@@H](NC(=O)N1C(=O)[C@H](Cc2ccnc(N)c2)[C@H]1C(=O)N(C)c1ncc(CC[C@@H](NC(=O)N2C(=O)[C@H](Cc3ccnc(N)c3)[C@H]2C(=O)N(C)c2ncc(CC[C@@H](NC(=O)N3C(=O)[C@H](Cc4ccnc(N)c4)[C@H]3C(=O)N(C)c3nccn3C)c3ccc(F)c(C)c3)n2C)c2ccc(Cl)cc2C)n1C)c1ccc(C)cc1F. The Hall–Kier alpha value is -12.5. The molecule has 0 bridgehead atoms. The summed E-state index contributed by atoms with van der Waals surface area (Å²) in [6.07, 6.45) is 11.6. The lowest BCUT2D eigenvalue weighted by Crippen LogP contribution is -2.70. The van der Waals surface area contributed by atoms with E-state index in [2.05, 4.69) is 45.9 Å². The molecule has 3 saturated heterocycles. The molecule has 33 heteroatoms. The molecule has 12 rings (SSSR count). The van der Waals surface area contributed by atoms with Crippen LogP contribution in [0.4, 0.5) is 58.5 Å². The summed E-state index contributed by atoms with van der Waals surface area (Å²) in [5.41, 5.74) is 24.0. The van der Waals surface area contributed by atoms with E-state index in [1.807, 2.05) is 6.92 Å². The Morgan fingerprint density at radius 1 is 0.495 bits per heavy atom. The van der Waals surface area contributed by atoms with Crippen molar-refractivity contribution in [3.8, 4) is 0 Å². The molecule has 0 spiro atoms. The van der Waals surface area contributed by atoms with Crippen LogP contribution in [-0.2, 0) is 82.0 Å². The number of amides is 12. The lowest BCUT2D eigenvalue weighted by molar-refractivity contribution is -0.156. The topological polar surface area (TPSA) is 379 Å². The average molecular weight is 1540 g/mol. The minimum absolute atomic E-state index is 0.0164. The first-order chi connectivity index (χ1) is 52.9. The molecule has 30 nitrogen and oxygen atoms in total. The van der Waals surface area contributed by atoms with Crippen molar-refractivity contribution in [3.63, 3.8) is 0 Å². The van der Waals surface area contributed by atoms with Crippen molar-refractivity contribution < 1.29 is 51.9 Å². The minimum Gasteiger partial charge on any atom is -0.384 e. The van der Waals surface area contributed by atoms with E-state index in [1.165, 1.54) is 85.0 Å². The van der Waals surface area contributed by atoms with Gasteiger partial charge in [-0.15, -0.1) is 0 Å². The van der Waals surface area contributed by atoms with Crippen molar-refractivity contribution in [3.05, 3.63) is 212 Å². The van der Waals surface area contributed by atoms with Crippen LogP contribution in [0, 0.1) is 50.2 Å². The molecule has 0 radical (unpaired) electrons. The summed E-state index contributed by atoms with van der Waals surface area (Å²) in [4.78, 5) is 164. The highest BCUT2D eigenvalue weighted by molar-refractivity contribution is 6.30. The molecule has 12 amide bonds. The fourth-order valence-electron chi connectivity index (χ4n) is 15.0. The highest BCUT2D eigenvalue weighted by Crippen LogP contribution is 2.39. The number of nitrogens with zero attached hydrogens (tertiary/aromatic N) is 15. The predicted octanol–water partition coefficient (Wildman–Crippen LogP) is 7.80. The van der Waals surface area contributed by atoms with Gasteiger partial charge in [0, 0.05) is 95.2 Å². The molecule has 3 aliphatic rings. The molecule has 0 unspecified atom stereocenters. The van der Waals surface area contributed by atoms with Gasteiger partial charge in [0.15, 0.2) is 0 Å². The van der Waals surface area contributed by atoms with Crippen molar-refractivity contribution in [2.45, 2.75) is 115 Å². The van der Waals surface area contributed by atoms with Gasteiger partial charge < -0.3 is 46.9 Å². The number of β-lactam (4-membered cyclic amide) rings is 3. The number of nitrogens with one attached hydrogen (secondary N) is 3. The van der Waals surface area contributed by atoms with Crippen LogP contribution in [0.15, 0.2) is 134 Å². The number of urea groups is 3. The number of imide groups is 3. The third kappa shape index (κ3) is 15.9. The summed E-state index contributed by atoms with van der Waals surface area (Å²) in [5, 5.41) is 9.22. The van der Waals surface area contributed by atoms with Crippen molar-refractivity contribution in [1.29, 1.82) is 0 Å². The second kappa shape index (κ2) is 32.4. The third-order valence-electron chi connectivity index (χ3n) is 21.2. The van der Waals surface area contributed by atoms with Gasteiger partial charge in [0.05, 0.1) is 48.3 Å². The molecule has 9 atom stereocenters. The highest BCUT2D eigenvalue weighted by Gasteiger charge is 2.59. The van der Waals surface area contributed by atoms with Gasteiger partial charge in [-0.1, -0.05) is 48.9 Å². The van der Waals surface area contributed by atoms with E-state index in [0.717, 1.165) is 14.7 Å². The summed E-state index contributed by atoms with van der Waals surface area (Å²) in [6, 6.07) is 14.5. The van der Waals surface area contributed by atoms with E-state index < -0.39 is 119 Å². The Bertz CT molecular complexity index is 5140. The number of carbonyl (C=O) groups is 9. The van der Waals surface area contributed by atoms with E-state index >= 15 is 14.0 Å². The van der Waals surface area contributed by atoms with Gasteiger partial charge in [-0.05, 0) is 177 Å². The van der Waals surface area contributed by atoms with E-state index in [1.54, 1.807) is 141 Å². The van der Waals surface area contributed by atoms with E-state index in [-0.39, 0.29) is 97.8 Å². The molecule has 3 fully saturated rings. The van der Waals surface area contributed by atoms with Gasteiger partial charge in [0.1, 0.15) is 47.2 Å². The summed E-state index contributed by atoms with van der Waals surface area (Å²) in [6.45, 7) is 6.87. The van der Waals surface area contributed by atoms with Gasteiger partial charge in [0.25, 0.3) is 17.7 Å². The molecule has 0 saturated carbocycles. The number of benzene rings is 3. The van der Waals surface area contributed by atoms with E-state index in [0.29, 0.717) is 55.4 Å². The molecule has 0 aliphatic carbocycles. The van der Waals surface area contributed by atoms with Gasteiger partial charge in [-0.2, -0.15) is 0 Å². The fraction of sp³-hybridized carbons (Fsp3) is 0.346. The number of carbonyl (C=O) groups excluding carboxylic acids is 9. The normalized spacial score (nSPS) is 18.1. The lowest BCUT2D eigenvalue weighted by Gasteiger charge is -2.46. The molecule has 6 aromatic heterocycles. The first-order valence-electron chi connectivity index (χ1n) is 36.0. The summed E-state index contributed by atoms with van der Waals surface area (Å²) in [7, 11) is 9.48. The number of aryl methyl sites for hydroxylation is 6. The first kappa shape index (κ1) is 78.1. The van der Waals surface area contributed by atoms with E-state index in [9.17, 15) is 38.0 Å². The highest BCUT2D eigenvalue weighted by atomic mass is 35.5. The maximum atomic E-state index is 15.4. The number of imidazole rings is 3. The Morgan fingerprint density at radius 3 is 1.34 bits per heavy atom. The third-order valence-corrected chi connectivity index (χ3v) is 21.4. The van der Waals surface area contributed by atoms with Gasteiger partial charge in [-0.25, -0.2) is 53.1 Å². The van der Waals surface area contributed by atoms with Crippen molar-refractivity contribution in [2.24, 2.45) is 38.9 Å². The summed E-state index contributed by atoms with van der Waals surface area (Å²) >= 11 is 6.52. The van der Waals surface area contributed by atoms with Crippen LogP contribution in [0.5, 0.6) is 0 Å². The zero-order valence-corrected chi connectivity index (χ0v) is 63.6. The van der Waals surface area contributed by atoms with Crippen molar-refractivity contribution >= 4 is 100 Å². The van der Waals surface area contributed by atoms with Crippen LogP contribution in [0.25, 0.3) is 0 Å². The van der Waals surface area contributed by atoms with Crippen LogP contribution in [-0.4, -0.2) is 151 Å².